The van der Waals surface area contributed by atoms with Gasteiger partial charge >= 0.3 is 15.5 Å². The van der Waals surface area contributed by atoms with E-state index in [9.17, 15) is 31.2 Å². The predicted molar refractivity (Wildman–Crippen MR) is 157 cm³/mol. The van der Waals surface area contributed by atoms with Crippen LogP contribution in [0.2, 0.25) is 0 Å². The first-order chi connectivity index (χ1) is 21.0. The zero-order valence-electron chi connectivity index (χ0n) is 25.2. The highest BCUT2D eigenvalue weighted by Crippen LogP contribution is 2.34. The third-order valence-electron chi connectivity index (χ3n) is 8.66. The van der Waals surface area contributed by atoms with Crippen LogP contribution in [0, 0.1) is 5.92 Å². The molecule has 1 saturated heterocycles. The van der Waals surface area contributed by atoms with Gasteiger partial charge in [-0.05, 0) is 61.4 Å². The van der Waals surface area contributed by atoms with Crippen LogP contribution in [0.3, 0.4) is 0 Å². The maximum atomic E-state index is 12.8. The summed E-state index contributed by atoms with van der Waals surface area (Å²) in [5, 5.41) is 0. The summed E-state index contributed by atoms with van der Waals surface area (Å²) in [4.78, 5) is 31.5. The largest absolute Gasteiger partial charge is 0.516 e. The number of ether oxygens (including phenoxy) is 1. The first kappa shape index (κ1) is 34.0. The number of benzene rings is 1. The van der Waals surface area contributed by atoms with Crippen LogP contribution in [-0.4, -0.2) is 49.2 Å². The first-order valence-electron chi connectivity index (χ1n) is 15.5. The Bertz CT molecular complexity index is 1370. The summed E-state index contributed by atoms with van der Waals surface area (Å²) in [6.07, 6.45) is 14.1. The highest BCUT2D eigenvalue weighted by molar-refractivity contribution is 7.90. The van der Waals surface area contributed by atoms with E-state index >= 15 is 0 Å². The van der Waals surface area contributed by atoms with Crippen LogP contribution in [-0.2, 0) is 27.8 Å². The number of hydrogen-bond donors (Lipinski definition) is 1. The van der Waals surface area contributed by atoms with Crippen molar-refractivity contribution < 1.29 is 40.3 Å². The molecular weight excluding hydrogens is 599 g/mol. The van der Waals surface area contributed by atoms with E-state index in [-0.39, 0.29) is 18.2 Å². The van der Waals surface area contributed by atoms with E-state index in [0.29, 0.717) is 35.9 Å². The molecule has 9 nitrogen and oxygen atoms in total. The Morgan fingerprint density at radius 2 is 1.82 bits per heavy atom. The molecule has 1 saturated carbocycles. The average molecular weight is 642 g/mol. The van der Waals surface area contributed by atoms with Gasteiger partial charge in [0.2, 0.25) is 11.8 Å². The van der Waals surface area contributed by atoms with Crippen LogP contribution in [0.25, 0.3) is 0 Å². The normalized spacial score (nSPS) is 18.4. The highest BCUT2D eigenvalue weighted by atomic mass is 32.2. The smallest absolute Gasteiger partial charge is 0.497 e. The van der Waals surface area contributed by atoms with E-state index in [1.165, 1.54) is 51.9 Å². The number of Topliss-reactive ketones (excluding diaryl/α,β-unsaturated/α-hetero) is 1. The molecule has 0 radical (unpaired) electrons. The second-order valence-corrected chi connectivity index (χ2v) is 13.5. The number of aromatic nitrogens is 1. The minimum absolute atomic E-state index is 0.0232. The molecule has 244 valence electrons. The Morgan fingerprint density at radius 3 is 2.55 bits per heavy atom. The average Bonchev–Trinajstić information content (AvgIpc) is 3.66. The van der Waals surface area contributed by atoms with Crippen molar-refractivity contribution in [3.05, 3.63) is 47.2 Å². The molecule has 0 bridgehead atoms. The lowest BCUT2D eigenvalue weighted by Crippen LogP contribution is -2.40. The molecule has 1 aromatic carbocycles. The number of likely N-dealkylation sites (tertiary alicyclic amines) is 1. The van der Waals surface area contributed by atoms with E-state index in [1.807, 2.05) is 0 Å². The van der Waals surface area contributed by atoms with Gasteiger partial charge in [-0.15, -0.1) is 0 Å². The molecule has 2 aromatic rings. The highest BCUT2D eigenvalue weighted by Gasteiger charge is 2.46. The number of unbranched alkanes of at least 4 members (excludes halogenated alkanes) is 2. The van der Waals surface area contributed by atoms with Crippen molar-refractivity contribution >= 4 is 21.7 Å². The molecule has 4 rings (SSSR count). The minimum atomic E-state index is -5.76. The van der Waals surface area contributed by atoms with Gasteiger partial charge in [0.05, 0.1) is 13.2 Å². The molecular formula is C31H42F3N3O6S. The lowest BCUT2D eigenvalue weighted by molar-refractivity contribution is -0.120. The Labute approximate surface area is 257 Å². The number of ketones is 1. The van der Waals surface area contributed by atoms with Gasteiger partial charge in [-0.3, -0.25) is 14.5 Å². The molecule has 44 heavy (non-hydrogen) atoms. The third-order valence-corrected chi connectivity index (χ3v) is 9.76. The SMILES string of the molecule is COc1ccc(CCC(=O)NS(=O)(=O)C(F)(F)F)c(CN2CCC[C@H]2c2nc(C(=O)CCCCCC3CCCCC3)co2)c1. The molecule has 13 heteroatoms. The number of nitrogens with zero attached hydrogens (tertiary/aromatic N) is 2. The van der Waals surface area contributed by atoms with Gasteiger partial charge in [-0.25, -0.2) is 9.71 Å². The second-order valence-electron chi connectivity index (χ2n) is 11.8. The Morgan fingerprint density at radius 1 is 1.05 bits per heavy atom. The summed E-state index contributed by atoms with van der Waals surface area (Å²) in [7, 11) is -4.26. The molecule has 2 fully saturated rings. The molecule has 0 spiro atoms. The van der Waals surface area contributed by atoms with Crippen LogP contribution in [0.1, 0.15) is 117 Å². The lowest BCUT2D eigenvalue weighted by atomic mass is 9.85. The van der Waals surface area contributed by atoms with Gasteiger partial charge in [-0.2, -0.15) is 21.6 Å². The van der Waals surface area contributed by atoms with Crippen molar-refractivity contribution in [2.24, 2.45) is 5.92 Å². The molecule has 1 aromatic heterocycles. The van der Waals surface area contributed by atoms with Crippen LogP contribution in [0.15, 0.2) is 28.9 Å². The molecule has 1 aliphatic heterocycles. The zero-order chi connectivity index (χ0) is 31.7. The Hall–Kier alpha value is -2.93. The number of rotatable bonds is 15. The molecule has 1 N–H and O–H groups in total. The van der Waals surface area contributed by atoms with Crippen LogP contribution in [0.5, 0.6) is 5.75 Å². The fourth-order valence-electron chi connectivity index (χ4n) is 6.21. The van der Waals surface area contributed by atoms with Crippen molar-refractivity contribution in [3.63, 3.8) is 0 Å². The summed E-state index contributed by atoms with van der Waals surface area (Å²) in [5.41, 5.74) is -3.79. The number of alkyl halides is 3. The summed E-state index contributed by atoms with van der Waals surface area (Å²) < 4.78 is 72.7. The number of methoxy groups -OCH3 is 1. The fourth-order valence-corrected chi connectivity index (χ4v) is 6.73. The van der Waals surface area contributed by atoms with E-state index in [4.69, 9.17) is 9.15 Å². The number of oxazole rings is 1. The number of nitrogens with one attached hydrogen (secondary N) is 1. The lowest BCUT2D eigenvalue weighted by Gasteiger charge is -2.24. The van der Waals surface area contributed by atoms with Crippen molar-refractivity contribution in [2.75, 3.05) is 13.7 Å². The van der Waals surface area contributed by atoms with Gasteiger partial charge in [0.15, 0.2) is 5.78 Å². The molecule has 0 unspecified atom stereocenters. The summed E-state index contributed by atoms with van der Waals surface area (Å²) in [6.45, 7) is 1.13. The number of carbonyl (C=O) groups is 2. The van der Waals surface area contributed by atoms with Gasteiger partial charge in [0.1, 0.15) is 17.7 Å². The first-order valence-corrected chi connectivity index (χ1v) is 17.0. The van der Waals surface area contributed by atoms with Gasteiger partial charge in [0, 0.05) is 19.4 Å². The quantitative estimate of drug-likeness (QED) is 0.170. The number of hydrogen-bond acceptors (Lipinski definition) is 8. The van der Waals surface area contributed by atoms with Crippen molar-refractivity contribution in [2.45, 2.75) is 108 Å². The monoisotopic (exact) mass is 641 g/mol. The molecule has 2 aliphatic rings. The van der Waals surface area contributed by atoms with E-state index in [2.05, 4.69) is 9.88 Å². The number of carbonyl (C=O) groups excluding carboxylic acids is 2. The number of amides is 1. The Balaban J connectivity index is 1.33. The Kier molecular flexibility index (Phi) is 11.9. The maximum absolute atomic E-state index is 12.8. The maximum Gasteiger partial charge on any atom is 0.516 e. The summed E-state index contributed by atoms with van der Waals surface area (Å²) >= 11 is 0. The molecule has 2 heterocycles. The topological polar surface area (TPSA) is 119 Å². The van der Waals surface area contributed by atoms with Crippen molar-refractivity contribution in [1.82, 2.24) is 14.6 Å². The van der Waals surface area contributed by atoms with Crippen LogP contribution < -0.4 is 9.46 Å². The standard InChI is InChI=1S/C31H42F3N3O6S/c1-42-25-16-14-23(15-17-29(39)36-44(40,41)31(32,33)34)24(19-25)20-37-18-8-12-27(37)30-35-26(21-43-30)28(38)13-7-3-6-11-22-9-4-2-5-10-22/h14,16,19,21-22,27H,2-13,15,17-18,20H2,1H3,(H,36,39)/t27-/m0/s1. The summed E-state index contributed by atoms with van der Waals surface area (Å²) in [5.74, 6) is 0.602. The van der Waals surface area contributed by atoms with Gasteiger partial charge in [0.25, 0.3) is 0 Å². The number of sulfonamides is 1. The van der Waals surface area contributed by atoms with E-state index in [1.54, 1.807) is 18.2 Å². The number of aryl methyl sites for hydroxylation is 1. The molecule has 1 amide bonds. The molecule has 1 aliphatic carbocycles. The fraction of sp³-hybridized carbons (Fsp3) is 0.645. The van der Waals surface area contributed by atoms with Gasteiger partial charge < -0.3 is 9.15 Å². The minimum Gasteiger partial charge on any atom is -0.497 e. The van der Waals surface area contributed by atoms with E-state index in [0.717, 1.165) is 54.9 Å². The third kappa shape index (κ3) is 9.29. The van der Waals surface area contributed by atoms with Crippen molar-refractivity contribution in [1.29, 1.82) is 0 Å². The van der Waals surface area contributed by atoms with Crippen LogP contribution >= 0.6 is 0 Å². The van der Waals surface area contributed by atoms with E-state index < -0.39 is 27.9 Å². The van der Waals surface area contributed by atoms with Gasteiger partial charge in [-0.1, -0.05) is 57.4 Å². The van der Waals surface area contributed by atoms with Crippen molar-refractivity contribution in [3.8, 4) is 5.75 Å². The summed E-state index contributed by atoms with van der Waals surface area (Å²) in [6, 6.07) is 4.99. The number of halogens is 3. The second kappa shape index (κ2) is 15.4. The zero-order valence-corrected chi connectivity index (χ0v) is 26.0. The predicted octanol–water partition coefficient (Wildman–Crippen LogP) is 6.63. The molecule has 1 atom stereocenters. The van der Waals surface area contributed by atoms with Crippen LogP contribution in [0.4, 0.5) is 13.2 Å².